The predicted molar refractivity (Wildman–Crippen MR) is 235 cm³/mol. The number of hydrogen-bond acceptors (Lipinski definition) is 6. The highest BCUT2D eigenvalue weighted by atomic mass is 28.3. The van der Waals surface area contributed by atoms with Crippen LogP contribution in [0.5, 0.6) is 23.0 Å². The second-order valence-corrected chi connectivity index (χ2v) is 27.9. The number of phenols is 2. The van der Waals surface area contributed by atoms with Gasteiger partial charge in [-0.2, -0.15) is 0 Å². The van der Waals surface area contributed by atoms with Gasteiger partial charge in [-0.1, -0.05) is 160 Å². The van der Waals surface area contributed by atoms with Crippen LogP contribution < -0.4 is 19.8 Å². The van der Waals surface area contributed by atoms with E-state index in [0.29, 0.717) is 11.5 Å². The van der Waals surface area contributed by atoms with Gasteiger partial charge in [-0.05, 0) is 46.6 Å². The van der Waals surface area contributed by atoms with Crippen LogP contribution in [-0.4, -0.2) is 61.0 Å². The molecule has 4 aromatic rings. The van der Waals surface area contributed by atoms with Crippen molar-refractivity contribution in [3.8, 4) is 23.0 Å². The van der Waals surface area contributed by atoms with Gasteiger partial charge in [0.1, 0.15) is 39.1 Å². The largest absolute Gasteiger partial charge is 0.508 e. The maximum Gasteiger partial charge on any atom is 0.303 e. The Bertz CT molecular complexity index is 1820. The second-order valence-electron chi connectivity index (χ2n) is 18.7. The van der Waals surface area contributed by atoms with E-state index < -0.39 is 28.1 Å². The van der Waals surface area contributed by atoms with Gasteiger partial charge in [-0.15, -0.1) is 0 Å². The number of aromatic hydroxyl groups is 2. The van der Waals surface area contributed by atoms with Crippen LogP contribution in [0.2, 0.25) is 26.2 Å². The first kappa shape index (κ1) is 47.6. The van der Waals surface area contributed by atoms with Crippen molar-refractivity contribution in [1.29, 1.82) is 0 Å². The van der Waals surface area contributed by atoms with Crippen molar-refractivity contribution in [2.75, 3.05) is 12.5 Å². The number of carboxylic acids is 2. The Kier molecular flexibility index (Phi) is 16.6. The number of aliphatic carboxylic acids is 2. The molecule has 0 fully saturated rings. The molecule has 4 aromatic carbocycles. The quantitative estimate of drug-likeness (QED) is 0.110. The fourth-order valence-electron chi connectivity index (χ4n) is 5.73. The first-order valence-corrected chi connectivity index (χ1v) is 25.6. The Morgan fingerprint density at radius 3 is 1.20 bits per heavy atom. The molecule has 0 aliphatic heterocycles. The van der Waals surface area contributed by atoms with E-state index in [-0.39, 0.29) is 29.1 Å². The fourth-order valence-corrected chi connectivity index (χ4v) is 9.31. The molecule has 0 aromatic heterocycles. The molecule has 4 rings (SSSR count). The molecule has 0 saturated heterocycles. The van der Waals surface area contributed by atoms with E-state index in [1.165, 1.54) is 10.4 Å². The van der Waals surface area contributed by atoms with Crippen molar-refractivity contribution < 1.29 is 39.5 Å². The van der Waals surface area contributed by atoms with Crippen molar-refractivity contribution in [1.82, 2.24) is 0 Å². The average molecular weight is 803 g/mol. The number of rotatable bonds is 11. The van der Waals surface area contributed by atoms with Crippen molar-refractivity contribution in [3.05, 3.63) is 108 Å². The molecule has 0 amide bonds. The highest BCUT2D eigenvalue weighted by Gasteiger charge is 2.29. The SMILES string of the molecule is CC(C)(C)c1cc(OC[Si](C)(C)c2ccccc2)cc(C(C)(C)C)c1O.CC(C)(C)c1cc(OC[Si](C)(C)c2ccccc2)ccc1O.O=C(O)CCC(=O)O. The molecule has 56 heavy (non-hydrogen) atoms. The second kappa shape index (κ2) is 19.5. The summed E-state index contributed by atoms with van der Waals surface area (Å²) in [6.45, 7) is 28.3. The molecule has 0 bridgehead atoms. The first-order chi connectivity index (χ1) is 25.6. The molecule has 0 saturated carbocycles. The van der Waals surface area contributed by atoms with E-state index in [4.69, 9.17) is 19.7 Å². The summed E-state index contributed by atoms with van der Waals surface area (Å²) < 4.78 is 12.4. The lowest BCUT2D eigenvalue weighted by Gasteiger charge is -2.29. The monoisotopic (exact) mass is 802 g/mol. The summed E-state index contributed by atoms with van der Waals surface area (Å²) in [5.74, 6) is 0.268. The molecule has 0 aliphatic carbocycles. The van der Waals surface area contributed by atoms with Gasteiger partial charge in [-0.3, -0.25) is 9.59 Å². The van der Waals surface area contributed by atoms with Gasteiger partial charge in [0.25, 0.3) is 0 Å². The van der Waals surface area contributed by atoms with E-state index in [0.717, 1.165) is 40.6 Å². The Hall–Kier alpha value is -4.55. The average Bonchev–Trinajstić information content (AvgIpc) is 3.10. The van der Waals surface area contributed by atoms with Crippen molar-refractivity contribution in [2.24, 2.45) is 0 Å². The summed E-state index contributed by atoms with van der Waals surface area (Å²) in [4.78, 5) is 19.3. The summed E-state index contributed by atoms with van der Waals surface area (Å²) in [7, 11) is -3.31. The van der Waals surface area contributed by atoms with Crippen molar-refractivity contribution in [2.45, 2.75) is 118 Å². The van der Waals surface area contributed by atoms with Crippen LogP contribution in [0.1, 0.15) is 91.8 Å². The normalized spacial score (nSPS) is 12.0. The third kappa shape index (κ3) is 15.2. The molecule has 0 radical (unpaired) electrons. The van der Waals surface area contributed by atoms with Gasteiger partial charge < -0.3 is 29.9 Å². The van der Waals surface area contributed by atoms with Crippen molar-refractivity contribution in [3.63, 3.8) is 0 Å². The third-order valence-corrected chi connectivity index (χ3v) is 14.9. The summed E-state index contributed by atoms with van der Waals surface area (Å²) in [6.07, 6.45) is 0.852. The van der Waals surface area contributed by atoms with E-state index in [2.05, 4.69) is 143 Å². The lowest BCUT2D eigenvalue weighted by Crippen LogP contribution is -2.47. The highest BCUT2D eigenvalue weighted by Crippen LogP contribution is 2.42. The van der Waals surface area contributed by atoms with Gasteiger partial charge in [0.15, 0.2) is 0 Å². The molecule has 0 aliphatic rings. The molecule has 0 heterocycles. The maximum atomic E-state index is 10.8. The Morgan fingerprint density at radius 1 is 0.518 bits per heavy atom. The van der Waals surface area contributed by atoms with Crippen molar-refractivity contribution >= 4 is 38.5 Å². The Morgan fingerprint density at radius 2 is 0.857 bits per heavy atom. The molecule has 0 unspecified atom stereocenters. The molecular weight excluding hydrogens is 737 g/mol. The van der Waals surface area contributed by atoms with Crippen LogP contribution in [0.15, 0.2) is 91.0 Å². The topological polar surface area (TPSA) is 134 Å². The molecule has 306 valence electrons. The van der Waals surface area contributed by atoms with Crippen LogP contribution in [0, 0.1) is 0 Å². The third-order valence-electron chi connectivity index (χ3n) is 9.34. The minimum atomic E-state index is -1.69. The van der Waals surface area contributed by atoms with Gasteiger partial charge >= 0.3 is 11.9 Å². The Labute approximate surface area is 337 Å². The van der Waals surface area contributed by atoms with E-state index in [1.54, 1.807) is 6.07 Å². The van der Waals surface area contributed by atoms with Gasteiger partial charge in [0, 0.05) is 16.7 Å². The number of hydrogen-bond donors (Lipinski definition) is 4. The molecule has 0 atom stereocenters. The molecule has 8 nitrogen and oxygen atoms in total. The smallest absolute Gasteiger partial charge is 0.303 e. The lowest BCUT2D eigenvalue weighted by molar-refractivity contribution is -0.143. The minimum absolute atomic E-state index is 0.101. The zero-order valence-corrected chi connectivity index (χ0v) is 37.9. The van der Waals surface area contributed by atoms with Gasteiger partial charge in [0.05, 0.1) is 25.3 Å². The lowest BCUT2D eigenvalue weighted by atomic mass is 9.79. The zero-order valence-electron chi connectivity index (χ0n) is 35.9. The molecular formula is C46H66O8Si2. The fraction of sp³-hybridized carbons (Fsp3) is 0.435. The Balaban J connectivity index is 0.000000327. The van der Waals surface area contributed by atoms with E-state index >= 15 is 0 Å². The molecule has 4 N–H and O–H groups in total. The van der Waals surface area contributed by atoms with E-state index in [1.807, 2.05) is 30.3 Å². The summed E-state index contributed by atoms with van der Waals surface area (Å²) in [6, 6.07) is 30.8. The van der Waals surface area contributed by atoms with E-state index in [9.17, 15) is 19.8 Å². The number of ether oxygens (including phenoxy) is 2. The molecule has 0 spiro atoms. The van der Waals surface area contributed by atoms with Gasteiger partial charge in [-0.25, -0.2) is 0 Å². The van der Waals surface area contributed by atoms with Gasteiger partial charge in [0.2, 0.25) is 0 Å². The number of phenolic OH excluding ortho intramolecular Hbond substituents is 2. The van der Waals surface area contributed by atoms with Crippen LogP contribution in [0.25, 0.3) is 0 Å². The first-order valence-electron chi connectivity index (χ1n) is 19.2. The summed E-state index contributed by atoms with van der Waals surface area (Å²) in [5, 5.41) is 39.5. The van der Waals surface area contributed by atoms with Crippen LogP contribution >= 0.6 is 0 Å². The summed E-state index contributed by atoms with van der Waals surface area (Å²) >= 11 is 0. The summed E-state index contributed by atoms with van der Waals surface area (Å²) in [5.41, 5.74) is 2.42. The van der Waals surface area contributed by atoms with Crippen LogP contribution in [-0.2, 0) is 25.8 Å². The number of carboxylic acid groups (broad SMARTS) is 2. The maximum absolute atomic E-state index is 10.8. The number of benzene rings is 4. The minimum Gasteiger partial charge on any atom is -0.508 e. The standard InChI is InChI=1S/C23H34O2Si.C19H26O2Si.C4H6O4/c1-22(2,3)19-14-17(15-20(21(19)24)23(4,5)6)25-16-26(7,8)18-12-10-9-11-13-18;1-19(2,3)17-13-15(11-12-18(17)20)21-14-22(4,5)16-9-7-6-8-10-16;5-3(6)1-2-4(7)8/h9-15,24H,16H2,1-8H3;6-13,20H,14H2,1-5H3;1-2H2,(H,5,6)(H,7,8). The molecule has 10 heteroatoms. The highest BCUT2D eigenvalue weighted by molar-refractivity contribution is 6.90. The zero-order chi connectivity index (χ0) is 42.7. The van der Waals surface area contributed by atoms with Crippen LogP contribution in [0.3, 0.4) is 0 Å². The predicted octanol–water partition coefficient (Wildman–Crippen LogP) is 9.68. The van der Waals surface area contributed by atoms with Crippen LogP contribution in [0.4, 0.5) is 0 Å². The number of carbonyl (C=O) groups is 2.